The minimum atomic E-state index is -0.696. The van der Waals surface area contributed by atoms with E-state index < -0.39 is 5.41 Å². The van der Waals surface area contributed by atoms with E-state index in [2.05, 4.69) is 12.2 Å². The van der Waals surface area contributed by atoms with Gasteiger partial charge in [-0.05, 0) is 38.0 Å². The van der Waals surface area contributed by atoms with Gasteiger partial charge in [0.2, 0.25) is 5.91 Å². The molecule has 0 bridgehead atoms. The highest BCUT2D eigenvalue weighted by Crippen LogP contribution is 2.36. The van der Waals surface area contributed by atoms with Crippen molar-refractivity contribution in [3.05, 3.63) is 0 Å². The summed E-state index contributed by atoms with van der Waals surface area (Å²) in [4.78, 5) is 12.3. The minimum absolute atomic E-state index is 0.0324. The maximum atomic E-state index is 12.0. The van der Waals surface area contributed by atoms with Crippen molar-refractivity contribution in [2.75, 3.05) is 6.54 Å². The van der Waals surface area contributed by atoms with Crippen LogP contribution in [0.3, 0.4) is 0 Å². The first-order valence-corrected chi connectivity index (χ1v) is 6.40. The van der Waals surface area contributed by atoms with Gasteiger partial charge in [0.15, 0.2) is 0 Å². The van der Waals surface area contributed by atoms with Crippen LogP contribution < -0.4 is 11.1 Å². The topological polar surface area (TPSA) is 55.1 Å². The molecule has 4 heteroatoms. The predicted molar refractivity (Wildman–Crippen MR) is 70.1 cm³/mol. The molecular formula is C12H22N2OS. The van der Waals surface area contributed by atoms with Gasteiger partial charge in [-0.2, -0.15) is 0 Å². The van der Waals surface area contributed by atoms with Gasteiger partial charge in [-0.1, -0.05) is 26.1 Å². The van der Waals surface area contributed by atoms with E-state index >= 15 is 0 Å². The summed E-state index contributed by atoms with van der Waals surface area (Å²) in [5.41, 5.74) is 4.94. The summed E-state index contributed by atoms with van der Waals surface area (Å²) < 4.78 is 0. The third-order valence-electron chi connectivity index (χ3n) is 3.76. The molecule has 0 heterocycles. The molecule has 1 aliphatic rings. The molecule has 2 unspecified atom stereocenters. The third-order valence-corrected chi connectivity index (χ3v) is 4.21. The number of thiocarbonyl (C=S) groups is 1. The first kappa shape index (κ1) is 13.4. The van der Waals surface area contributed by atoms with Crippen molar-refractivity contribution < 1.29 is 4.79 Å². The van der Waals surface area contributed by atoms with Gasteiger partial charge in [-0.15, -0.1) is 0 Å². The van der Waals surface area contributed by atoms with E-state index in [1.807, 2.05) is 13.8 Å². The lowest BCUT2D eigenvalue weighted by Gasteiger charge is -2.26. The summed E-state index contributed by atoms with van der Waals surface area (Å²) in [6.45, 7) is 6.67. The van der Waals surface area contributed by atoms with Gasteiger partial charge in [0, 0.05) is 6.54 Å². The summed E-state index contributed by atoms with van der Waals surface area (Å²) in [5, 5.41) is 2.97. The molecule has 1 aliphatic carbocycles. The third kappa shape index (κ3) is 2.94. The molecule has 1 rings (SSSR count). The summed E-state index contributed by atoms with van der Waals surface area (Å²) in [7, 11) is 0. The van der Waals surface area contributed by atoms with Gasteiger partial charge in [0.05, 0.1) is 10.4 Å². The quantitative estimate of drug-likeness (QED) is 0.699. The maximum Gasteiger partial charge on any atom is 0.232 e. The van der Waals surface area contributed by atoms with E-state index in [0.29, 0.717) is 12.3 Å². The van der Waals surface area contributed by atoms with Crippen molar-refractivity contribution in [3.63, 3.8) is 0 Å². The average molecular weight is 242 g/mol. The average Bonchev–Trinajstić information content (AvgIpc) is 3.07. The molecule has 0 aromatic heterocycles. The Bertz CT molecular complexity index is 289. The Morgan fingerprint density at radius 2 is 2.19 bits per heavy atom. The van der Waals surface area contributed by atoms with Crippen LogP contribution in [0.4, 0.5) is 0 Å². The number of amides is 1. The smallest absolute Gasteiger partial charge is 0.232 e. The number of hydrogen-bond donors (Lipinski definition) is 2. The van der Waals surface area contributed by atoms with Crippen molar-refractivity contribution >= 4 is 23.1 Å². The second kappa shape index (κ2) is 5.13. The highest BCUT2D eigenvalue weighted by atomic mass is 32.1. The van der Waals surface area contributed by atoms with Gasteiger partial charge in [-0.3, -0.25) is 4.79 Å². The molecule has 0 spiro atoms. The molecular weight excluding hydrogens is 220 g/mol. The Morgan fingerprint density at radius 1 is 1.62 bits per heavy atom. The molecule has 16 heavy (non-hydrogen) atoms. The summed E-state index contributed by atoms with van der Waals surface area (Å²) in [6.07, 6.45) is 3.25. The van der Waals surface area contributed by atoms with Crippen LogP contribution in [0.25, 0.3) is 0 Å². The van der Waals surface area contributed by atoms with Gasteiger partial charge >= 0.3 is 0 Å². The van der Waals surface area contributed by atoms with Crippen LogP contribution in [-0.2, 0) is 4.79 Å². The number of carbonyl (C=O) groups excluding carboxylic acids is 1. The van der Waals surface area contributed by atoms with Crippen molar-refractivity contribution in [2.24, 2.45) is 23.0 Å². The van der Waals surface area contributed by atoms with Crippen LogP contribution in [0.2, 0.25) is 0 Å². The second-order valence-electron chi connectivity index (χ2n) is 5.07. The Kier molecular flexibility index (Phi) is 4.30. The zero-order valence-electron chi connectivity index (χ0n) is 10.4. The van der Waals surface area contributed by atoms with Crippen LogP contribution in [0, 0.1) is 17.3 Å². The molecule has 0 saturated heterocycles. The summed E-state index contributed by atoms with van der Waals surface area (Å²) in [6, 6.07) is 0. The van der Waals surface area contributed by atoms with E-state index in [1.165, 1.54) is 12.8 Å². The molecule has 3 N–H and O–H groups in total. The van der Waals surface area contributed by atoms with E-state index in [-0.39, 0.29) is 10.9 Å². The van der Waals surface area contributed by atoms with Crippen molar-refractivity contribution in [3.8, 4) is 0 Å². The zero-order chi connectivity index (χ0) is 12.3. The fourth-order valence-electron chi connectivity index (χ4n) is 1.73. The van der Waals surface area contributed by atoms with Gasteiger partial charge in [-0.25, -0.2) is 0 Å². The summed E-state index contributed by atoms with van der Waals surface area (Å²) >= 11 is 4.97. The first-order valence-electron chi connectivity index (χ1n) is 6.00. The highest BCUT2D eigenvalue weighted by molar-refractivity contribution is 7.80. The molecule has 1 fully saturated rings. The lowest BCUT2D eigenvalue weighted by Crippen LogP contribution is -2.47. The highest BCUT2D eigenvalue weighted by Gasteiger charge is 2.35. The molecule has 0 radical (unpaired) electrons. The van der Waals surface area contributed by atoms with E-state index in [1.54, 1.807) is 0 Å². The standard InChI is InChI=1S/C12H22N2OS/c1-4-12(3,10(13)16)11(15)14-7-8(2)9-5-6-9/h8-9H,4-7H2,1-3H3,(H2,13,16)(H,14,15). The molecule has 2 atom stereocenters. The largest absolute Gasteiger partial charge is 0.392 e. The lowest BCUT2D eigenvalue weighted by atomic mass is 9.86. The van der Waals surface area contributed by atoms with E-state index in [4.69, 9.17) is 18.0 Å². The van der Waals surface area contributed by atoms with Gasteiger partial charge in [0.25, 0.3) is 0 Å². The van der Waals surface area contributed by atoms with Crippen LogP contribution in [0.15, 0.2) is 0 Å². The molecule has 0 aromatic rings. The number of carbonyl (C=O) groups is 1. The predicted octanol–water partition coefficient (Wildman–Crippen LogP) is 1.85. The lowest BCUT2D eigenvalue weighted by molar-refractivity contribution is -0.127. The normalized spacial score (nSPS) is 20.9. The molecule has 1 saturated carbocycles. The van der Waals surface area contributed by atoms with Crippen molar-refractivity contribution in [1.82, 2.24) is 5.32 Å². The Balaban J connectivity index is 2.46. The number of hydrogen-bond acceptors (Lipinski definition) is 2. The fraction of sp³-hybridized carbons (Fsp3) is 0.833. The minimum Gasteiger partial charge on any atom is -0.392 e. The van der Waals surface area contributed by atoms with E-state index in [9.17, 15) is 4.79 Å². The van der Waals surface area contributed by atoms with Gasteiger partial charge in [0.1, 0.15) is 0 Å². The first-order chi connectivity index (χ1) is 7.41. The van der Waals surface area contributed by atoms with Crippen molar-refractivity contribution in [2.45, 2.75) is 40.0 Å². The molecule has 3 nitrogen and oxygen atoms in total. The Hall–Kier alpha value is -0.640. The molecule has 0 aliphatic heterocycles. The van der Waals surface area contributed by atoms with Gasteiger partial charge < -0.3 is 11.1 Å². The van der Waals surface area contributed by atoms with Crippen LogP contribution in [0.1, 0.15) is 40.0 Å². The van der Waals surface area contributed by atoms with Crippen LogP contribution in [0.5, 0.6) is 0 Å². The Morgan fingerprint density at radius 3 is 2.56 bits per heavy atom. The van der Waals surface area contributed by atoms with Crippen molar-refractivity contribution in [1.29, 1.82) is 0 Å². The Labute approximate surface area is 103 Å². The molecule has 1 amide bonds. The second-order valence-corrected chi connectivity index (χ2v) is 5.51. The van der Waals surface area contributed by atoms with Crippen LogP contribution in [-0.4, -0.2) is 17.4 Å². The molecule has 92 valence electrons. The number of nitrogens with one attached hydrogen (secondary N) is 1. The SMILES string of the molecule is CCC(C)(C(=O)NCC(C)C1CC1)C(N)=S. The number of rotatable bonds is 6. The van der Waals surface area contributed by atoms with E-state index in [0.717, 1.165) is 12.5 Å². The van der Waals surface area contributed by atoms with Crippen LogP contribution >= 0.6 is 12.2 Å². The summed E-state index contributed by atoms with van der Waals surface area (Å²) in [5.74, 6) is 1.34. The molecule has 0 aromatic carbocycles. The monoisotopic (exact) mass is 242 g/mol. The number of nitrogens with two attached hydrogens (primary N) is 1. The fourth-order valence-corrected chi connectivity index (χ4v) is 1.96. The zero-order valence-corrected chi connectivity index (χ0v) is 11.2. The maximum absolute atomic E-state index is 12.0.